The van der Waals surface area contributed by atoms with E-state index in [1.165, 1.54) is 35.6 Å². The standard InChI is InChI=1S/C18H18N4O3S2/c1-12-16(26-18(20-12)22(2)14-6-4-3-5-7-14)17(23)21-13-8-10-15(11-9-13)27(19,24)25/h3-11H,1-2H3,(H,21,23)(H2,19,24,25). The Hall–Kier alpha value is -2.75. The molecule has 3 rings (SSSR count). The van der Waals surface area contributed by atoms with Crippen LogP contribution in [0.1, 0.15) is 15.4 Å². The molecule has 0 fully saturated rings. The van der Waals surface area contributed by atoms with Gasteiger partial charge in [-0.1, -0.05) is 29.5 Å². The summed E-state index contributed by atoms with van der Waals surface area (Å²) in [5.74, 6) is -0.305. The van der Waals surface area contributed by atoms with Crippen molar-refractivity contribution in [3.05, 3.63) is 65.2 Å². The molecule has 0 saturated heterocycles. The number of para-hydroxylation sites is 1. The molecule has 3 N–H and O–H groups in total. The molecule has 0 atom stereocenters. The first-order valence-electron chi connectivity index (χ1n) is 7.96. The first kappa shape index (κ1) is 19.0. The van der Waals surface area contributed by atoms with Crippen LogP contribution in [0.2, 0.25) is 0 Å². The van der Waals surface area contributed by atoms with Gasteiger partial charge in [-0.25, -0.2) is 18.5 Å². The van der Waals surface area contributed by atoms with Gasteiger partial charge in [0.05, 0.1) is 10.6 Å². The highest BCUT2D eigenvalue weighted by atomic mass is 32.2. The highest BCUT2D eigenvalue weighted by Gasteiger charge is 2.18. The molecule has 3 aromatic rings. The van der Waals surface area contributed by atoms with E-state index in [1.807, 2.05) is 42.3 Å². The topological polar surface area (TPSA) is 105 Å². The number of hydrogen-bond donors (Lipinski definition) is 2. The molecule has 9 heteroatoms. The molecule has 0 bridgehead atoms. The number of aromatic nitrogens is 1. The van der Waals surface area contributed by atoms with Crippen LogP contribution >= 0.6 is 11.3 Å². The van der Waals surface area contributed by atoms with Crippen molar-refractivity contribution in [3.63, 3.8) is 0 Å². The van der Waals surface area contributed by atoms with Crippen molar-refractivity contribution in [1.82, 2.24) is 4.98 Å². The summed E-state index contributed by atoms with van der Waals surface area (Å²) in [7, 11) is -1.88. The number of rotatable bonds is 5. The summed E-state index contributed by atoms with van der Waals surface area (Å²) in [4.78, 5) is 19.5. The minimum absolute atomic E-state index is 0.0127. The molecular formula is C18H18N4O3S2. The van der Waals surface area contributed by atoms with Crippen molar-refractivity contribution in [2.45, 2.75) is 11.8 Å². The van der Waals surface area contributed by atoms with Crippen molar-refractivity contribution >= 4 is 43.8 Å². The van der Waals surface area contributed by atoms with Gasteiger partial charge in [0.15, 0.2) is 5.13 Å². The number of nitrogens with two attached hydrogens (primary N) is 1. The molecule has 0 unspecified atom stereocenters. The monoisotopic (exact) mass is 402 g/mol. The number of nitrogens with zero attached hydrogens (tertiary/aromatic N) is 2. The molecule has 1 aromatic heterocycles. The summed E-state index contributed by atoms with van der Waals surface area (Å²) >= 11 is 1.28. The lowest BCUT2D eigenvalue weighted by Crippen LogP contribution is -2.13. The van der Waals surface area contributed by atoms with E-state index >= 15 is 0 Å². The number of primary sulfonamides is 1. The van der Waals surface area contributed by atoms with Gasteiger partial charge in [0.25, 0.3) is 5.91 Å². The van der Waals surface area contributed by atoms with Crippen molar-refractivity contribution in [3.8, 4) is 0 Å². The average Bonchev–Trinajstić information content (AvgIpc) is 3.03. The predicted molar refractivity (Wildman–Crippen MR) is 107 cm³/mol. The van der Waals surface area contributed by atoms with E-state index < -0.39 is 10.0 Å². The third kappa shape index (κ3) is 4.33. The molecule has 0 aliphatic rings. The quantitative estimate of drug-likeness (QED) is 0.682. The Morgan fingerprint density at radius 1 is 1.11 bits per heavy atom. The highest BCUT2D eigenvalue weighted by molar-refractivity contribution is 7.89. The molecule has 2 aromatic carbocycles. The van der Waals surface area contributed by atoms with Gasteiger partial charge in [-0.2, -0.15) is 0 Å². The van der Waals surface area contributed by atoms with Crippen LogP contribution in [0.15, 0.2) is 59.5 Å². The Morgan fingerprint density at radius 2 is 1.74 bits per heavy atom. The van der Waals surface area contributed by atoms with Crippen LogP contribution in [-0.2, 0) is 10.0 Å². The maximum atomic E-state index is 12.6. The maximum Gasteiger partial charge on any atom is 0.267 e. The SMILES string of the molecule is Cc1nc(N(C)c2ccccc2)sc1C(=O)Nc1ccc(S(N)(=O)=O)cc1. The Kier molecular flexibility index (Phi) is 5.26. The number of carbonyl (C=O) groups is 1. The van der Waals surface area contributed by atoms with Gasteiger partial charge < -0.3 is 10.2 Å². The first-order chi connectivity index (χ1) is 12.8. The summed E-state index contributed by atoms with van der Waals surface area (Å²) in [5.41, 5.74) is 2.06. The zero-order valence-corrected chi connectivity index (χ0v) is 16.3. The van der Waals surface area contributed by atoms with Gasteiger partial charge in [-0.05, 0) is 43.3 Å². The molecule has 7 nitrogen and oxygen atoms in total. The summed E-state index contributed by atoms with van der Waals surface area (Å²) < 4.78 is 22.6. The van der Waals surface area contributed by atoms with Crippen LogP contribution < -0.4 is 15.4 Å². The molecular weight excluding hydrogens is 384 g/mol. The number of aryl methyl sites for hydroxylation is 1. The van der Waals surface area contributed by atoms with E-state index in [9.17, 15) is 13.2 Å². The predicted octanol–water partition coefficient (Wildman–Crippen LogP) is 3.12. The summed E-state index contributed by atoms with van der Waals surface area (Å²) in [6, 6.07) is 15.4. The molecule has 0 spiro atoms. The summed E-state index contributed by atoms with van der Waals surface area (Å²) in [6.45, 7) is 1.78. The van der Waals surface area contributed by atoms with Gasteiger partial charge in [-0.3, -0.25) is 4.79 Å². The highest BCUT2D eigenvalue weighted by Crippen LogP contribution is 2.30. The van der Waals surface area contributed by atoms with Crippen molar-refractivity contribution < 1.29 is 13.2 Å². The number of benzene rings is 2. The Bertz CT molecular complexity index is 1060. The van der Waals surface area contributed by atoms with E-state index in [2.05, 4.69) is 10.3 Å². The normalized spacial score (nSPS) is 11.2. The first-order valence-corrected chi connectivity index (χ1v) is 10.3. The van der Waals surface area contributed by atoms with E-state index in [4.69, 9.17) is 5.14 Å². The smallest absolute Gasteiger partial charge is 0.267 e. The van der Waals surface area contributed by atoms with Crippen molar-refractivity contribution in [2.24, 2.45) is 5.14 Å². The van der Waals surface area contributed by atoms with Gasteiger partial charge in [0.2, 0.25) is 10.0 Å². The third-order valence-electron chi connectivity index (χ3n) is 3.86. The van der Waals surface area contributed by atoms with E-state index in [0.29, 0.717) is 21.4 Å². The van der Waals surface area contributed by atoms with Crippen LogP contribution in [-0.4, -0.2) is 26.4 Å². The molecule has 0 aliphatic heterocycles. The Morgan fingerprint density at radius 3 is 2.33 bits per heavy atom. The van der Waals surface area contributed by atoms with Gasteiger partial charge in [-0.15, -0.1) is 0 Å². The largest absolute Gasteiger partial charge is 0.321 e. The zero-order chi connectivity index (χ0) is 19.6. The second-order valence-corrected chi connectivity index (χ2v) is 8.37. The maximum absolute atomic E-state index is 12.6. The molecule has 0 saturated carbocycles. The van der Waals surface area contributed by atoms with Crippen LogP contribution in [0.4, 0.5) is 16.5 Å². The number of amides is 1. The minimum atomic E-state index is -3.77. The Balaban J connectivity index is 1.79. The van der Waals surface area contributed by atoms with Crippen LogP contribution in [0.25, 0.3) is 0 Å². The lowest BCUT2D eigenvalue weighted by Gasteiger charge is -2.15. The van der Waals surface area contributed by atoms with E-state index in [0.717, 1.165) is 5.69 Å². The van der Waals surface area contributed by atoms with Gasteiger partial charge in [0, 0.05) is 18.4 Å². The minimum Gasteiger partial charge on any atom is -0.321 e. The molecule has 140 valence electrons. The summed E-state index contributed by atoms with van der Waals surface area (Å²) in [6.07, 6.45) is 0. The number of sulfonamides is 1. The fourth-order valence-corrected chi connectivity index (χ4v) is 3.87. The molecule has 0 radical (unpaired) electrons. The number of hydrogen-bond acceptors (Lipinski definition) is 6. The lowest BCUT2D eigenvalue weighted by molar-refractivity contribution is 0.103. The third-order valence-corrected chi connectivity index (χ3v) is 6.02. The van der Waals surface area contributed by atoms with Crippen molar-refractivity contribution in [2.75, 3.05) is 17.3 Å². The fourth-order valence-electron chi connectivity index (χ4n) is 2.41. The fraction of sp³-hybridized carbons (Fsp3) is 0.111. The van der Waals surface area contributed by atoms with Crippen LogP contribution in [0, 0.1) is 6.92 Å². The van der Waals surface area contributed by atoms with Gasteiger partial charge >= 0.3 is 0 Å². The second kappa shape index (κ2) is 7.47. The lowest BCUT2D eigenvalue weighted by atomic mass is 10.3. The molecule has 1 heterocycles. The number of anilines is 3. The Labute approximate surface area is 161 Å². The number of thiazole rings is 1. The number of nitrogens with one attached hydrogen (secondary N) is 1. The van der Waals surface area contributed by atoms with E-state index in [-0.39, 0.29) is 10.8 Å². The van der Waals surface area contributed by atoms with Crippen molar-refractivity contribution in [1.29, 1.82) is 0 Å². The average molecular weight is 403 g/mol. The van der Waals surface area contributed by atoms with E-state index in [1.54, 1.807) is 6.92 Å². The second-order valence-electron chi connectivity index (χ2n) is 5.83. The summed E-state index contributed by atoms with van der Waals surface area (Å²) in [5, 5.41) is 8.52. The van der Waals surface area contributed by atoms with Crippen LogP contribution in [0.5, 0.6) is 0 Å². The zero-order valence-electron chi connectivity index (χ0n) is 14.7. The van der Waals surface area contributed by atoms with Crippen LogP contribution in [0.3, 0.4) is 0 Å². The number of carbonyl (C=O) groups excluding carboxylic acids is 1. The molecule has 1 amide bonds. The molecule has 27 heavy (non-hydrogen) atoms. The molecule has 0 aliphatic carbocycles. The van der Waals surface area contributed by atoms with Gasteiger partial charge in [0.1, 0.15) is 4.88 Å².